The number of hydrogen-bond donors (Lipinski definition) is 0. The highest BCUT2D eigenvalue weighted by Gasteiger charge is 2.18. The van der Waals surface area contributed by atoms with Gasteiger partial charge in [-0.05, 0) is 13.0 Å². The molecule has 0 bridgehead atoms. The molecular weight excluding hydrogens is 229 g/mol. The molecule has 0 fully saturated rings. The number of carbonyl (C=O) groups excluding carboxylic acids is 3. The van der Waals surface area contributed by atoms with Crippen LogP contribution >= 0.6 is 0 Å². The Morgan fingerprint density at radius 2 is 2.24 bits per heavy atom. The summed E-state index contributed by atoms with van der Waals surface area (Å²) in [6.07, 6.45) is 0.905. The normalized spacial score (nSPS) is 9.76. The van der Waals surface area contributed by atoms with Crippen molar-refractivity contribution in [2.24, 2.45) is 0 Å². The van der Waals surface area contributed by atoms with Crippen LogP contribution in [0.25, 0.3) is 0 Å². The highest BCUT2D eigenvalue weighted by molar-refractivity contribution is 6.05. The van der Waals surface area contributed by atoms with Gasteiger partial charge < -0.3 is 4.74 Å². The molecule has 5 nitrogen and oxygen atoms in total. The number of esters is 1. The Bertz CT molecular complexity index is 459. The number of ketones is 1. The lowest BCUT2D eigenvalue weighted by Gasteiger charge is -2.02. The van der Waals surface area contributed by atoms with E-state index in [0.29, 0.717) is 6.29 Å². The second-order valence-electron chi connectivity index (χ2n) is 3.12. The van der Waals surface area contributed by atoms with Crippen molar-refractivity contribution in [1.29, 1.82) is 0 Å². The Morgan fingerprint density at radius 1 is 1.53 bits per heavy atom. The van der Waals surface area contributed by atoms with E-state index in [-0.39, 0.29) is 12.2 Å². The molecule has 0 atom stereocenters. The van der Waals surface area contributed by atoms with Crippen LogP contribution in [0, 0.1) is 5.82 Å². The molecule has 0 saturated heterocycles. The van der Waals surface area contributed by atoms with Gasteiger partial charge in [0.1, 0.15) is 12.1 Å². The summed E-state index contributed by atoms with van der Waals surface area (Å²) in [7, 11) is 0. The number of nitrogens with zero attached hydrogens (tertiary/aromatic N) is 1. The predicted octanol–water partition coefficient (Wildman–Crippen LogP) is 1.17. The lowest BCUT2D eigenvalue weighted by Crippen LogP contribution is -2.14. The molecule has 0 amide bonds. The minimum absolute atomic E-state index is 0.0233. The molecule has 1 aromatic heterocycles. The monoisotopic (exact) mass is 239 g/mol. The second kappa shape index (κ2) is 5.83. The highest BCUT2D eigenvalue weighted by atomic mass is 19.1. The first-order chi connectivity index (χ1) is 8.08. The molecule has 1 aromatic rings. The first-order valence-corrected chi connectivity index (χ1v) is 4.88. The van der Waals surface area contributed by atoms with Crippen molar-refractivity contribution >= 4 is 18.0 Å². The summed E-state index contributed by atoms with van der Waals surface area (Å²) in [5.74, 6) is -2.44. The van der Waals surface area contributed by atoms with Gasteiger partial charge >= 0.3 is 5.97 Å². The maximum Gasteiger partial charge on any atom is 0.313 e. The standard InChI is InChI=1S/C11H10FNO4/c1-2-17-10(16)4-9(15)11-8(12)3-7(6-14)5-13-11/h3,5-6H,2,4H2,1H3. The summed E-state index contributed by atoms with van der Waals surface area (Å²) in [6, 6.07) is 0.887. The third-order valence-corrected chi connectivity index (χ3v) is 1.87. The van der Waals surface area contributed by atoms with E-state index in [0.717, 1.165) is 12.3 Å². The van der Waals surface area contributed by atoms with E-state index in [9.17, 15) is 18.8 Å². The van der Waals surface area contributed by atoms with Crippen molar-refractivity contribution in [1.82, 2.24) is 4.98 Å². The van der Waals surface area contributed by atoms with Crippen LogP contribution in [0.3, 0.4) is 0 Å². The molecule has 6 heteroatoms. The molecule has 1 rings (SSSR count). The van der Waals surface area contributed by atoms with E-state index < -0.39 is 29.7 Å². The molecular formula is C11H10FNO4. The number of halogens is 1. The summed E-state index contributed by atoms with van der Waals surface area (Å²) >= 11 is 0. The van der Waals surface area contributed by atoms with Gasteiger partial charge in [-0.3, -0.25) is 14.4 Å². The molecule has 90 valence electrons. The third kappa shape index (κ3) is 3.44. The van der Waals surface area contributed by atoms with Crippen LogP contribution in [0.1, 0.15) is 34.2 Å². The first-order valence-electron chi connectivity index (χ1n) is 4.88. The number of carbonyl (C=O) groups is 3. The second-order valence-corrected chi connectivity index (χ2v) is 3.12. The largest absolute Gasteiger partial charge is 0.466 e. The molecule has 0 aliphatic carbocycles. The Balaban J connectivity index is 2.82. The molecule has 0 saturated carbocycles. The summed E-state index contributed by atoms with van der Waals surface area (Å²) < 4.78 is 17.9. The lowest BCUT2D eigenvalue weighted by molar-refractivity contribution is -0.141. The molecule has 17 heavy (non-hydrogen) atoms. The van der Waals surface area contributed by atoms with Gasteiger partial charge in [0.15, 0.2) is 17.9 Å². The van der Waals surface area contributed by atoms with E-state index in [1.165, 1.54) is 0 Å². The van der Waals surface area contributed by atoms with Gasteiger partial charge in [0.25, 0.3) is 0 Å². The zero-order valence-corrected chi connectivity index (χ0v) is 9.10. The van der Waals surface area contributed by atoms with Crippen molar-refractivity contribution in [3.8, 4) is 0 Å². The van der Waals surface area contributed by atoms with Gasteiger partial charge in [-0.2, -0.15) is 0 Å². The molecule has 0 aliphatic heterocycles. The van der Waals surface area contributed by atoms with Crippen LogP contribution in [0.4, 0.5) is 4.39 Å². The van der Waals surface area contributed by atoms with E-state index >= 15 is 0 Å². The number of Topliss-reactive ketones (excluding diaryl/α,β-unsaturated/α-hetero) is 1. The van der Waals surface area contributed by atoms with E-state index in [4.69, 9.17) is 0 Å². The smallest absolute Gasteiger partial charge is 0.313 e. The Labute approximate surface area is 96.6 Å². The zero-order chi connectivity index (χ0) is 12.8. The fraction of sp³-hybridized carbons (Fsp3) is 0.273. The average Bonchev–Trinajstić information content (AvgIpc) is 2.28. The van der Waals surface area contributed by atoms with Gasteiger partial charge in [0.2, 0.25) is 0 Å². The summed E-state index contributed by atoms with van der Waals surface area (Å²) in [5.41, 5.74) is -0.446. The highest BCUT2D eigenvalue weighted by Crippen LogP contribution is 2.08. The number of hydrogen-bond acceptors (Lipinski definition) is 5. The van der Waals surface area contributed by atoms with Crippen LogP contribution < -0.4 is 0 Å². The number of pyridine rings is 1. The zero-order valence-electron chi connectivity index (χ0n) is 9.10. The SMILES string of the molecule is CCOC(=O)CC(=O)c1ncc(C=O)cc1F. The fourth-order valence-corrected chi connectivity index (χ4v) is 1.15. The minimum atomic E-state index is -0.927. The number of rotatable bonds is 5. The number of aromatic nitrogens is 1. The van der Waals surface area contributed by atoms with Crippen molar-refractivity contribution in [2.75, 3.05) is 6.61 Å². The molecule has 1 heterocycles. The predicted molar refractivity (Wildman–Crippen MR) is 55.2 cm³/mol. The third-order valence-electron chi connectivity index (χ3n) is 1.87. The number of ether oxygens (including phenoxy) is 1. The Kier molecular flexibility index (Phi) is 4.45. The summed E-state index contributed by atoms with van der Waals surface area (Å²) in [5, 5.41) is 0. The van der Waals surface area contributed by atoms with Gasteiger partial charge in [0.05, 0.1) is 6.61 Å². The summed E-state index contributed by atoms with van der Waals surface area (Å²) in [4.78, 5) is 36.3. The topological polar surface area (TPSA) is 73.3 Å². The summed E-state index contributed by atoms with van der Waals surface area (Å²) in [6.45, 7) is 1.74. The molecule has 0 aromatic carbocycles. The van der Waals surface area contributed by atoms with Crippen molar-refractivity contribution in [3.05, 3.63) is 29.3 Å². The molecule has 0 N–H and O–H groups in total. The minimum Gasteiger partial charge on any atom is -0.466 e. The lowest BCUT2D eigenvalue weighted by atomic mass is 10.1. The molecule has 0 spiro atoms. The first kappa shape index (κ1) is 13.0. The van der Waals surface area contributed by atoms with E-state index in [1.54, 1.807) is 6.92 Å². The molecule has 0 unspecified atom stereocenters. The van der Waals surface area contributed by atoms with Crippen LogP contribution in [-0.4, -0.2) is 29.6 Å². The van der Waals surface area contributed by atoms with Crippen LogP contribution in [0.5, 0.6) is 0 Å². The van der Waals surface area contributed by atoms with Crippen LogP contribution in [0.15, 0.2) is 12.3 Å². The van der Waals surface area contributed by atoms with E-state index in [1.807, 2.05) is 0 Å². The fourth-order valence-electron chi connectivity index (χ4n) is 1.15. The van der Waals surface area contributed by atoms with Gasteiger partial charge in [-0.1, -0.05) is 0 Å². The average molecular weight is 239 g/mol. The Morgan fingerprint density at radius 3 is 2.76 bits per heavy atom. The maximum absolute atomic E-state index is 13.3. The van der Waals surface area contributed by atoms with Gasteiger partial charge in [-0.15, -0.1) is 0 Å². The van der Waals surface area contributed by atoms with Gasteiger partial charge in [-0.25, -0.2) is 9.37 Å². The molecule has 0 aliphatic rings. The maximum atomic E-state index is 13.3. The number of aldehydes is 1. The Hall–Kier alpha value is -2.11. The van der Waals surface area contributed by atoms with Gasteiger partial charge in [0, 0.05) is 11.8 Å². The van der Waals surface area contributed by atoms with Crippen molar-refractivity contribution < 1.29 is 23.5 Å². The van der Waals surface area contributed by atoms with Crippen LogP contribution in [-0.2, 0) is 9.53 Å². The van der Waals surface area contributed by atoms with Crippen LogP contribution in [0.2, 0.25) is 0 Å². The van der Waals surface area contributed by atoms with Crippen molar-refractivity contribution in [3.63, 3.8) is 0 Å². The van der Waals surface area contributed by atoms with Crippen molar-refractivity contribution in [2.45, 2.75) is 13.3 Å². The molecule has 0 radical (unpaired) electrons. The quantitative estimate of drug-likeness (QED) is 0.334. The van der Waals surface area contributed by atoms with E-state index in [2.05, 4.69) is 9.72 Å².